The van der Waals surface area contributed by atoms with Crippen LogP contribution >= 0.6 is 24.8 Å². The van der Waals surface area contributed by atoms with Gasteiger partial charge in [-0.3, -0.25) is 19.6 Å². The molecule has 0 aromatic carbocycles. The number of nitrogens with two attached hydrogens (primary N) is 1. The molecule has 3 rings (SSSR count). The predicted octanol–water partition coefficient (Wildman–Crippen LogP) is 0.765. The maximum absolute atomic E-state index is 12.5. The van der Waals surface area contributed by atoms with E-state index in [0.717, 1.165) is 25.7 Å². The number of H-pyrrole nitrogens is 2. The number of pyridine rings is 1. The highest BCUT2D eigenvalue weighted by Gasteiger charge is 2.34. The number of aryl methyl sites for hydroxylation is 1. The Morgan fingerprint density at radius 3 is 2.52 bits per heavy atom. The zero-order chi connectivity index (χ0) is 16.6. The van der Waals surface area contributed by atoms with E-state index < -0.39 is 11.2 Å². The lowest BCUT2D eigenvalue weighted by atomic mass is 9.97. The third-order valence-corrected chi connectivity index (χ3v) is 4.47. The van der Waals surface area contributed by atoms with Crippen molar-refractivity contribution in [1.82, 2.24) is 20.3 Å². The summed E-state index contributed by atoms with van der Waals surface area (Å²) in [5, 5.41) is 3.25. The standard InChI is InChI=1S/C15H19N5O3.2ClH/c1-8-6-9(12(21)20-15(7-16)4-2-3-5-15)17-11-10(8)13(22)19-14(23)18-11;;/h6H,2-5,7,16H2,1H3,(H,20,21)(H2,17,18,19,22,23);2*1H. The average Bonchev–Trinajstić information content (AvgIpc) is 2.95. The summed E-state index contributed by atoms with van der Waals surface area (Å²) in [7, 11) is 0. The molecule has 1 aliphatic rings. The topological polar surface area (TPSA) is 134 Å². The molecule has 138 valence electrons. The monoisotopic (exact) mass is 389 g/mol. The summed E-state index contributed by atoms with van der Waals surface area (Å²) >= 11 is 0. The van der Waals surface area contributed by atoms with Crippen molar-refractivity contribution in [2.24, 2.45) is 5.73 Å². The second kappa shape index (κ2) is 7.99. The molecule has 2 aromatic heterocycles. The smallest absolute Gasteiger partial charge is 0.327 e. The first kappa shape index (κ1) is 21.1. The van der Waals surface area contributed by atoms with E-state index in [1.54, 1.807) is 13.0 Å². The molecule has 25 heavy (non-hydrogen) atoms. The van der Waals surface area contributed by atoms with Gasteiger partial charge in [0.1, 0.15) is 11.3 Å². The predicted molar refractivity (Wildman–Crippen MR) is 99.9 cm³/mol. The highest BCUT2D eigenvalue weighted by Crippen LogP contribution is 2.29. The summed E-state index contributed by atoms with van der Waals surface area (Å²) in [6.07, 6.45) is 3.76. The van der Waals surface area contributed by atoms with Gasteiger partial charge in [-0.05, 0) is 31.4 Å². The van der Waals surface area contributed by atoms with E-state index in [-0.39, 0.29) is 53.0 Å². The molecule has 0 atom stereocenters. The number of carbonyl (C=O) groups excluding carboxylic acids is 1. The molecule has 2 aromatic rings. The molecule has 2 heterocycles. The van der Waals surface area contributed by atoms with Crippen molar-refractivity contribution >= 4 is 41.8 Å². The Morgan fingerprint density at radius 1 is 1.28 bits per heavy atom. The van der Waals surface area contributed by atoms with Gasteiger partial charge in [-0.15, -0.1) is 24.8 Å². The fraction of sp³-hybridized carbons (Fsp3) is 0.467. The number of aromatic nitrogens is 3. The van der Waals surface area contributed by atoms with Crippen LogP contribution in [-0.2, 0) is 0 Å². The van der Waals surface area contributed by atoms with Crippen LogP contribution in [0.2, 0.25) is 0 Å². The first-order valence-corrected chi connectivity index (χ1v) is 7.61. The number of carbonyl (C=O) groups is 1. The molecule has 10 heteroatoms. The first-order chi connectivity index (χ1) is 10.9. The molecule has 0 saturated heterocycles. The van der Waals surface area contributed by atoms with Crippen LogP contribution in [0.4, 0.5) is 0 Å². The van der Waals surface area contributed by atoms with Crippen LogP contribution in [0.3, 0.4) is 0 Å². The molecule has 1 aliphatic carbocycles. The molecule has 0 radical (unpaired) electrons. The quantitative estimate of drug-likeness (QED) is 0.614. The van der Waals surface area contributed by atoms with Crippen LogP contribution in [0.5, 0.6) is 0 Å². The Labute approximate surface area is 155 Å². The molecular weight excluding hydrogens is 369 g/mol. The van der Waals surface area contributed by atoms with Crippen molar-refractivity contribution in [2.45, 2.75) is 38.1 Å². The zero-order valence-corrected chi connectivity index (χ0v) is 15.3. The van der Waals surface area contributed by atoms with E-state index in [0.29, 0.717) is 12.1 Å². The fourth-order valence-electron chi connectivity index (χ4n) is 3.21. The van der Waals surface area contributed by atoms with Crippen LogP contribution in [0.15, 0.2) is 15.7 Å². The van der Waals surface area contributed by atoms with Crippen LogP contribution in [0.1, 0.15) is 41.7 Å². The number of amides is 1. The number of rotatable bonds is 3. The zero-order valence-electron chi connectivity index (χ0n) is 13.7. The Kier molecular flexibility index (Phi) is 6.75. The summed E-state index contributed by atoms with van der Waals surface area (Å²) in [5.41, 5.74) is 5.12. The maximum atomic E-state index is 12.5. The van der Waals surface area contributed by atoms with Crippen molar-refractivity contribution < 1.29 is 4.79 Å². The molecule has 8 nitrogen and oxygen atoms in total. The highest BCUT2D eigenvalue weighted by atomic mass is 35.5. The lowest BCUT2D eigenvalue weighted by Gasteiger charge is -2.28. The summed E-state index contributed by atoms with van der Waals surface area (Å²) in [6.45, 7) is 2.07. The van der Waals surface area contributed by atoms with Gasteiger partial charge in [0.25, 0.3) is 11.5 Å². The van der Waals surface area contributed by atoms with E-state index >= 15 is 0 Å². The van der Waals surface area contributed by atoms with E-state index in [4.69, 9.17) is 5.73 Å². The fourth-order valence-corrected chi connectivity index (χ4v) is 3.21. The second-order valence-corrected chi connectivity index (χ2v) is 6.10. The second-order valence-electron chi connectivity index (χ2n) is 6.10. The SMILES string of the molecule is Cc1cc(C(=O)NC2(CN)CCCC2)nc2[nH]c(=O)[nH]c(=O)c12.Cl.Cl. The maximum Gasteiger partial charge on any atom is 0.327 e. The van der Waals surface area contributed by atoms with Crippen LogP contribution in [-0.4, -0.2) is 32.9 Å². The van der Waals surface area contributed by atoms with Gasteiger partial charge in [0.2, 0.25) is 0 Å². The first-order valence-electron chi connectivity index (χ1n) is 7.61. The van der Waals surface area contributed by atoms with Gasteiger partial charge < -0.3 is 11.1 Å². The van der Waals surface area contributed by atoms with Crippen molar-refractivity contribution in [1.29, 1.82) is 0 Å². The third-order valence-electron chi connectivity index (χ3n) is 4.47. The number of hydrogen-bond donors (Lipinski definition) is 4. The Balaban J connectivity index is 0.00000156. The minimum atomic E-state index is -0.652. The largest absolute Gasteiger partial charge is 0.344 e. The van der Waals surface area contributed by atoms with E-state index in [9.17, 15) is 14.4 Å². The molecule has 0 unspecified atom stereocenters. The Bertz CT molecular complexity index is 887. The van der Waals surface area contributed by atoms with Gasteiger partial charge in [-0.25, -0.2) is 9.78 Å². The Hall–Kier alpha value is -1.90. The summed E-state index contributed by atoms with van der Waals surface area (Å²) in [4.78, 5) is 44.5. The summed E-state index contributed by atoms with van der Waals surface area (Å²) in [6, 6.07) is 1.55. The lowest BCUT2D eigenvalue weighted by molar-refractivity contribution is 0.0898. The van der Waals surface area contributed by atoms with E-state index in [1.807, 2.05) is 0 Å². The number of aromatic amines is 2. The molecule has 1 fully saturated rings. The minimum Gasteiger partial charge on any atom is -0.344 e. The van der Waals surface area contributed by atoms with E-state index in [2.05, 4.69) is 20.3 Å². The molecule has 1 amide bonds. The molecule has 1 saturated carbocycles. The van der Waals surface area contributed by atoms with Crippen LogP contribution < -0.4 is 22.3 Å². The number of nitrogens with zero attached hydrogens (tertiary/aromatic N) is 1. The summed E-state index contributed by atoms with van der Waals surface area (Å²) < 4.78 is 0. The van der Waals surface area contributed by atoms with Crippen molar-refractivity contribution in [2.75, 3.05) is 6.54 Å². The average molecular weight is 390 g/mol. The van der Waals surface area contributed by atoms with Gasteiger partial charge in [-0.1, -0.05) is 12.8 Å². The van der Waals surface area contributed by atoms with Gasteiger partial charge in [0, 0.05) is 6.54 Å². The van der Waals surface area contributed by atoms with Gasteiger partial charge in [0.05, 0.1) is 10.9 Å². The molecule has 0 aliphatic heterocycles. The number of fused-ring (bicyclic) bond motifs is 1. The van der Waals surface area contributed by atoms with Crippen molar-refractivity contribution in [3.05, 3.63) is 38.2 Å². The van der Waals surface area contributed by atoms with E-state index in [1.165, 1.54) is 0 Å². The van der Waals surface area contributed by atoms with Crippen molar-refractivity contribution in [3.8, 4) is 0 Å². The van der Waals surface area contributed by atoms with Gasteiger partial charge in [-0.2, -0.15) is 0 Å². The molecule has 0 spiro atoms. The normalized spacial score (nSPS) is 15.3. The number of halogens is 2. The van der Waals surface area contributed by atoms with Gasteiger partial charge in [0.15, 0.2) is 0 Å². The highest BCUT2D eigenvalue weighted by molar-refractivity contribution is 5.95. The van der Waals surface area contributed by atoms with Crippen LogP contribution in [0.25, 0.3) is 11.0 Å². The molecular formula is C15H21Cl2N5O3. The van der Waals surface area contributed by atoms with Crippen molar-refractivity contribution in [3.63, 3.8) is 0 Å². The molecule has 0 bridgehead atoms. The number of nitrogens with one attached hydrogen (secondary N) is 3. The third kappa shape index (κ3) is 4.02. The van der Waals surface area contributed by atoms with Gasteiger partial charge >= 0.3 is 5.69 Å². The summed E-state index contributed by atoms with van der Waals surface area (Å²) in [5.74, 6) is -0.344. The van der Waals surface area contributed by atoms with Crippen LogP contribution in [0, 0.1) is 6.92 Å². The molecule has 5 N–H and O–H groups in total. The lowest BCUT2D eigenvalue weighted by Crippen LogP contribution is -2.51. The Morgan fingerprint density at radius 2 is 1.92 bits per heavy atom. The minimum absolute atomic E-state index is 0. The number of hydrogen-bond acceptors (Lipinski definition) is 5.